The van der Waals surface area contributed by atoms with Crippen LogP contribution in [0, 0.1) is 50.2 Å². The summed E-state index contributed by atoms with van der Waals surface area (Å²) in [5, 5.41) is 114. The largest absolute Gasteiger partial charge is 0.508 e. The molecule has 2 aromatic rings. The van der Waals surface area contributed by atoms with Gasteiger partial charge in [0, 0.05) is 52.1 Å². The molecule has 56 heteroatoms. The number of nitrogens with two attached hydrogens (primary N) is 8. The Labute approximate surface area is 834 Å². The molecule has 46 N–H and O–H groups in total. The summed E-state index contributed by atoms with van der Waals surface area (Å²) in [5.74, 6) is -20.2. The van der Waals surface area contributed by atoms with Gasteiger partial charge in [-0.25, -0.2) is 0 Å². The molecular weight excluding hydrogens is 1880 g/mol. The molecule has 15 atom stereocenters. The Morgan fingerprint density at radius 1 is 0.271 bits per heavy atom. The Hall–Kier alpha value is -15.7. The van der Waals surface area contributed by atoms with Crippen molar-refractivity contribution in [3.63, 3.8) is 0 Å². The molecule has 0 spiro atoms. The van der Waals surface area contributed by atoms with Crippen molar-refractivity contribution in [2.45, 2.75) is 256 Å². The normalized spacial score (nSPS) is 14.0. The fraction of sp³-hybridized carbons (Fsp3) is 0.591. The Morgan fingerprint density at radius 2 is 0.542 bits per heavy atom. The molecule has 0 radical (unpaired) electrons. The summed E-state index contributed by atoms with van der Waals surface area (Å²) in [4.78, 5) is 250. The van der Waals surface area contributed by atoms with E-state index in [1.54, 1.807) is 71.9 Å². The zero-order chi connectivity index (χ0) is 109. The fourth-order valence-electron chi connectivity index (χ4n) is 13.6. The van der Waals surface area contributed by atoms with Crippen molar-refractivity contribution < 1.29 is 91.4 Å². The molecular formula is C88H151N37O19. The smallest absolute Gasteiger partial charge is 0.243 e. The number of carbonyl (C=O) groups excluding carboxylic acids is 18. The zero-order valence-electron chi connectivity index (χ0n) is 83.0. The molecule has 0 aliphatic heterocycles. The van der Waals surface area contributed by atoms with E-state index in [4.69, 9.17) is 78.3 Å². The molecule has 2 rings (SSSR count). The van der Waals surface area contributed by atoms with Crippen LogP contribution in [-0.2, 0) is 99.1 Å². The molecule has 0 heterocycles. The minimum atomic E-state index is -1.61. The predicted molar refractivity (Wildman–Crippen MR) is 532 cm³/mol. The lowest BCUT2D eigenvalue weighted by atomic mass is 10.0. The number of benzene rings is 2. The quantitative estimate of drug-likeness (QED) is 0.0166. The molecule has 802 valence electrons. The summed E-state index contributed by atoms with van der Waals surface area (Å²) in [6.07, 6.45) is -0.408. The fourth-order valence-corrected chi connectivity index (χ4v) is 13.6. The first kappa shape index (κ1) is 124. The molecule has 0 aromatic heterocycles. The van der Waals surface area contributed by atoms with Crippen LogP contribution in [0.15, 0.2) is 54.6 Å². The second-order valence-electron chi connectivity index (χ2n) is 35.3. The monoisotopic (exact) mass is 2030 g/mol. The van der Waals surface area contributed by atoms with E-state index in [1.807, 2.05) is 0 Å². The van der Waals surface area contributed by atoms with Crippen LogP contribution in [0.3, 0.4) is 0 Å². The molecule has 18 amide bonds. The van der Waals surface area contributed by atoms with E-state index in [0.717, 1.165) is 0 Å². The highest BCUT2D eigenvalue weighted by molar-refractivity contribution is 6.01. The molecule has 144 heavy (non-hydrogen) atoms. The molecule has 0 unspecified atom stereocenters. The van der Waals surface area contributed by atoms with Crippen LogP contribution >= 0.6 is 0 Å². The Morgan fingerprint density at radius 3 is 0.903 bits per heavy atom. The molecule has 0 saturated carbocycles. The van der Waals surface area contributed by atoms with E-state index in [2.05, 4.69) is 122 Å². The van der Waals surface area contributed by atoms with Crippen molar-refractivity contribution >= 4 is 142 Å². The highest BCUT2D eigenvalue weighted by Gasteiger charge is 2.38. The van der Waals surface area contributed by atoms with E-state index >= 15 is 0 Å². The lowest BCUT2D eigenvalue weighted by Crippen LogP contribution is -2.61. The number of carbonyl (C=O) groups is 18. The van der Waals surface area contributed by atoms with Gasteiger partial charge in [0.05, 0.1) is 25.7 Å². The second kappa shape index (κ2) is 66.1. The van der Waals surface area contributed by atoms with Crippen molar-refractivity contribution in [1.82, 2.24) is 122 Å². The van der Waals surface area contributed by atoms with E-state index in [-0.39, 0.29) is 152 Å². The van der Waals surface area contributed by atoms with Gasteiger partial charge in [-0.15, -0.1) is 0 Å². The lowest BCUT2D eigenvalue weighted by Gasteiger charge is -2.28. The number of nitrogens with one attached hydrogen (secondary N) is 29. The van der Waals surface area contributed by atoms with Gasteiger partial charge in [-0.1, -0.05) is 84.0 Å². The first-order valence-electron chi connectivity index (χ1n) is 47.1. The van der Waals surface area contributed by atoms with Crippen molar-refractivity contribution in [2.24, 2.45) is 63.6 Å². The van der Waals surface area contributed by atoms with Gasteiger partial charge < -0.3 is 173 Å². The SMILES string of the molecule is CC(C)C[C@H](NC(=O)[C@H](CCCNC(=N)N)NC(=O)CNC(=O)CNC(=O)[C@@H](N)CCCNC(=N)N)C(=O)N[C@@H](C)C(=O)N[C@@H](Cc1ccc(O)cc1)C(=O)N[C@@H](C)C(=O)N[C@@H](CCCNC(=N)N)C(=O)N[C@@H](CCCNC(=N)N)C(=O)N[C@@H](CCCNC(=N)N)C(=O)N[C@@H](Cc1ccccc1)C(=O)N[C@@H](C)C(=O)N[C@H](C(=O)N[C@@H](C)C(=O)N[C@H](C(=O)NCC(=O)N[C@@H](CCCNC(=N)N)C(N)=O)C(C)C)C(C)C. The minimum Gasteiger partial charge on any atom is -0.508 e. The molecule has 56 nitrogen and oxygen atoms in total. The summed E-state index contributed by atoms with van der Waals surface area (Å²) in [6.45, 7) is 13.4. The summed E-state index contributed by atoms with van der Waals surface area (Å²) in [6, 6.07) is -7.60. The Bertz CT molecular complexity index is 4680. The van der Waals surface area contributed by atoms with E-state index in [1.165, 1.54) is 52.0 Å². The molecule has 0 fully saturated rings. The van der Waals surface area contributed by atoms with Crippen molar-refractivity contribution in [1.29, 1.82) is 32.5 Å². The van der Waals surface area contributed by atoms with Gasteiger partial charge in [0.25, 0.3) is 0 Å². The van der Waals surface area contributed by atoms with Crippen LogP contribution in [-0.4, -0.2) is 297 Å². The third-order valence-corrected chi connectivity index (χ3v) is 21.6. The molecule has 0 aliphatic carbocycles. The number of phenols is 1. The molecule has 2 aromatic carbocycles. The van der Waals surface area contributed by atoms with Crippen LogP contribution in [0.2, 0.25) is 0 Å². The zero-order valence-corrected chi connectivity index (χ0v) is 83.0. The summed E-state index contributed by atoms with van der Waals surface area (Å²) in [7, 11) is 0. The Kier molecular flexibility index (Phi) is 57.0. The number of primary amides is 1. The van der Waals surface area contributed by atoms with Gasteiger partial charge in [0.1, 0.15) is 90.3 Å². The van der Waals surface area contributed by atoms with Crippen molar-refractivity contribution in [3.8, 4) is 5.75 Å². The number of phenolic OH excluding ortho intramolecular Hbond substituents is 1. The van der Waals surface area contributed by atoms with Crippen LogP contribution in [0.1, 0.15) is 164 Å². The first-order chi connectivity index (χ1) is 67.7. The molecule has 0 saturated heterocycles. The maximum atomic E-state index is 15.0. The van der Waals surface area contributed by atoms with Crippen LogP contribution < -0.4 is 168 Å². The van der Waals surface area contributed by atoms with Crippen molar-refractivity contribution in [3.05, 3.63) is 65.7 Å². The number of amides is 18. The number of hydrogen-bond donors (Lipinski definition) is 38. The van der Waals surface area contributed by atoms with Gasteiger partial charge >= 0.3 is 0 Å². The maximum absolute atomic E-state index is 15.0. The van der Waals surface area contributed by atoms with Gasteiger partial charge in [-0.05, 0) is 152 Å². The third kappa shape index (κ3) is 52.0. The van der Waals surface area contributed by atoms with Gasteiger partial charge in [-0.3, -0.25) is 119 Å². The number of guanidine groups is 6. The summed E-state index contributed by atoms with van der Waals surface area (Å²) >= 11 is 0. The average molecular weight is 2030 g/mol. The summed E-state index contributed by atoms with van der Waals surface area (Å²) in [5.41, 5.74) is 45.0. The number of rotatable bonds is 67. The topological polar surface area (TPSA) is 955 Å². The van der Waals surface area contributed by atoms with E-state index in [9.17, 15) is 91.4 Å². The molecule has 0 bridgehead atoms. The number of hydrogen-bond acceptors (Lipinski definition) is 26. The average Bonchev–Trinajstić information content (AvgIpc) is 0.850. The standard InChI is InChI=1S/C88H151N37O19/c1-44(2)38-60(122-74(136)56(24-16-34-105-85(95)96)117-64(128)42-109-63(127)41-110-73(135)54(89)22-14-32-103-83(91)92)78(140)112-48(8)70(132)121-61(40-52-28-30-53(126)31-29-52)79(141)113-47(7)69(131)118-57(25-17-35-106-86(97)98)75(137)119-58(26-18-36-107-87(99)100)76(138)120-59(27-19-37-108-88(101)102)77(139)123-62(39-51-20-12-11-13-21-51)80(142)114-49(9)71(133)125-67(46(5)6)82(144)115-50(10)72(134)124-66(45(3)4)81(143)111-43-65(129)116-55(68(90)130)23-15-33-104-84(93)94/h11-13,20-21,28-31,44-50,54-62,66-67,126H,14-19,22-27,32-43,89H2,1-10H3,(H2,90,130)(H,109,127)(H,110,135)(H,111,143)(H,112,140)(H,113,141)(H,114,142)(H,115,144)(H,116,129)(H,117,128)(H,118,131)(H,119,137)(H,120,138)(H,121,132)(H,122,136)(H,123,139)(H,124,134)(H,125,133)(H4,91,92,103)(H4,93,94,104)(H4,95,96,105)(H4,97,98,106)(H4,99,100,107)(H4,101,102,108)/t47-,48-,49-,50-,54-,55-,56-,57-,58-,59-,60-,61-,62-,66-,67-/m0/s1. The predicted octanol–water partition coefficient (Wildman–Crippen LogP) is -10.9. The second-order valence-corrected chi connectivity index (χ2v) is 35.3. The third-order valence-electron chi connectivity index (χ3n) is 21.6. The van der Waals surface area contributed by atoms with E-state index in [0.29, 0.717) is 24.0 Å². The maximum Gasteiger partial charge on any atom is 0.243 e. The highest BCUT2D eigenvalue weighted by atomic mass is 16.3. The lowest BCUT2D eigenvalue weighted by molar-refractivity contribution is -0.136. The highest BCUT2D eigenvalue weighted by Crippen LogP contribution is 2.16. The minimum absolute atomic E-state index is 0.00176. The Balaban J connectivity index is 2.52. The summed E-state index contributed by atoms with van der Waals surface area (Å²) < 4.78 is 0. The first-order valence-corrected chi connectivity index (χ1v) is 47.1. The van der Waals surface area contributed by atoms with Crippen molar-refractivity contribution in [2.75, 3.05) is 58.9 Å². The molecule has 0 aliphatic rings. The number of aromatic hydroxyl groups is 1. The van der Waals surface area contributed by atoms with Gasteiger partial charge in [0.2, 0.25) is 106 Å². The van der Waals surface area contributed by atoms with Gasteiger partial charge in [0.15, 0.2) is 35.8 Å². The van der Waals surface area contributed by atoms with Crippen LogP contribution in [0.4, 0.5) is 0 Å². The van der Waals surface area contributed by atoms with E-state index < -0.39 is 246 Å². The van der Waals surface area contributed by atoms with Gasteiger partial charge in [-0.2, -0.15) is 0 Å². The van der Waals surface area contributed by atoms with Crippen LogP contribution in [0.5, 0.6) is 5.75 Å². The van der Waals surface area contributed by atoms with Crippen LogP contribution in [0.25, 0.3) is 0 Å².